The van der Waals surface area contributed by atoms with Crippen molar-refractivity contribution < 1.29 is 9.47 Å². The number of hydrogen-bond donors (Lipinski definition) is 0. The number of methoxy groups -OCH3 is 1. The van der Waals surface area contributed by atoms with E-state index in [0.29, 0.717) is 18.2 Å². The van der Waals surface area contributed by atoms with E-state index < -0.39 is 0 Å². The normalized spacial score (nSPS) is 32.3. The fourth-order valence-electron chi connectivity index (χ4n) is 2.08. The van der Waals surface area contributed by atoms with Crippen molar-refractivity contribution in [1.29, 1.82) is 0 Å². The third-order valence-corrected chi connectivity index (χ3v) is 2.87. The Kier molecular flexibility index (Phi) is 4.16. The number of nitrogens with zero attached hydrogens (tertiary/aromatic N) is 1. The minimum Gasteiger partial charge on any atom is -0.380 e. The molecule has 0 saturated carbocycles. The zero-order valence-electron chi connectivity index (χ0n) is 9.12. The van der Waals surface area contributed by atoms with Gasteiger partial charge < -0.3 is 9.47 Å². The zero-order chi connectivity index (χ0) is 9.84. The smallest absolute Gasteiger partial charge is 0.0714 e. The molecule has 1 aliphatic heterocycles. The predicted molar refractivity (Wildman–Crippen MR) is 52.9 cm³/mol. The molecule has 1 fully saturated rings. The van der Waals surface area contributed by atoms with E-state index in [9.17, 15) is 0 Å². The third-order valence-electron chi connectivity index (χ3n) is 2.87. The van der Waals surface area contributed by atoms with Crippen LogP contribution in [0.4, 0.5) is 0 Å². The van der Waals surface area contributed by atoms with E-state index in [4.69, 9.17) is 9.47 Å². The Morgan fingerprint density at radius 2 is 2.23 bits per heavy atom. The van der Waals surface area contributed by atoms with Gasteiger partial charge in [-0.05, 0) is 27.3 Å². The van der Waals surface area contributed by atoms with Crippen LogP contribution in [-0.2, 0) is 9.47 Å². The first-order valence-corrected chi connectivity index (χ1v) is 5.03. The molecule has 3 heteroatoms. The van der Waals surface area contributed by atoms with Crippen molar-refractivity contribution in [3.8, 4) is 0 Å². The lowest BCUT2D eigenvalue weighted by molar-refractivity contribution is 0.0227. The fraction of sp³-hybridized carbons (Fsp3) is 1.00. The summed E-state index contributed by atoms with van der Waals surface area (Å²) in [5.74, 6) is 0. The van der Waals surface area contributed by atoms with Gasteiger partial charge in [0.05, 0.1) is 12.2 Å². The van der Waals surface area contributed by atoms with Crippen molar-refractivity contribution in [3.05, 3.63) is 0 Å². The quantitative estimate of drug-likeness (QED) is 0.658. The van der Waals surface area contributed by atoms with Gasteiger partial charge in [-0.3, -0.25) is 4.90 Å². The van der Waals surface area contributed by atoms with E-state index >= 15 is 0 Å². The van der Waals surface area contributed by atoms with Gasteiger partial charge in [-0.15, -0.1) is 0 Å². The van der Waals surface area contributed by atoms with Crippen LogP contribution in [0.5, 0.6) is 0 Å². The van der Waals surface area contributed by atoms with Crippen molar-refractivity contribution >= 4 is 0 Å². The summed E-state index contributed by atoms with van der Waals surface area (Å²) in [7, 11) is 3.92. The first-order chi connectivity index (χ1) is 6.19. The van der Waals surface area contributed by atoms with Crippen molar-refractivity contribution in [2.45, 2.75) is 38.5 Å². The average Bonchev–Trinajstić information content (AvgIpc) is 2.47. The summed E-state index contributed by atoms with van der Waals surface area (Å²) in [6.45, 7) is 6.00. The maximum atomic E-state index is 5.59. The van der Waals surface area contributed by atoms with Crippen LogP contribution in [-0.4, -0.2) is 50.5 Å². The zero-order valence-corrected chi connectivity index (χ0v) is 9.12. The Morgan fingerprint density at radius 3 is 2.69 bits per heavy atom. The average molecular weight is 187 g/mol. The SMILES string of the molecule is CCO[C@@H](C)[C@@H]1C[C@H](OC)CN1C. The van der Waals surface area contributed by atoms with Crippen LogP contribution in [0.25, 0.3) is 0 Å². The maximum absolute atomic E-state index is 5.59. The monoisotopic (exact) mass is 187 g/mol. The molecule has 1 rings (SSSR count). The first kappa shape index (κ1) is 11.0. The number of likely N-dealkylation sites (tertiary alicyclic amines) is 1. The van der Waals surface area contributed by atoms with E-state index in [1.165, 1.54) is 0 Å². The molecule has 0 N–H and O–H groups in total. The Hall–Kier alpha value is -0.120. The number of likely N-dealkylation sites (N-methyl/N-ethyl adjacent to an activating group) is 1. The maximum Gasteiger partial charge on any atom is 0.0714 e. The van der Waals surface area contributed by atoms with Gasteiger partial charge in [0, 0.05) is 26.3 Å². The minimum atomic E-state index is 0.315. The Morgan fingerprint density at radius 1 is 1.54 bits per heavy atom. The van der Waals surface area contributed by atoms with Crippen LogP contribution in [0.2, 0.25) is 0 Å². The van der Waals surface area contributed by atoms with Crippen molar-refractivity contribution in [2.75, 3.05) is 27.3 Å². The van der Waals surface area contributed by atoms with Crippen molar-refractivity contribution in [3.63, 3.8) is 0 Å². The molecule has 0 radical (unpaired) electrons. The van der Waals surface area contributed by atoms with Crippen LogP contribution in [0.15, 0.2) is 0 Å². The second-order valence-corrected chi connectivity index (χ2v) is 3.76. The van der Waals surface area contributed by atoms with Gasteiger partial charge in [0.25, 0.3) is 0 Å². The predicted octanol–water partition coefficient (Wildman–Crippen LogP) is 1.13. The molecule has 0 aromatic carbocycles. The van der Waals surface area contributed by atoms with Crippen LogP contribution < -0.4 is 0 Å². The standard InChI is InChI=1S/C10H21NO2/c1-5-13-8(2)10-6-9(12-4)7-11(10)3/h8-10H,5-7H2,1-4H3/t8-,9-,10-/m0/s1. The lowest BCUT2D eigenvalue weighted by Crippen LogP contribution is -2.36. The molecule has 1 heterocycles. The molecule has 0 aromatic heterocycles. The van der Waals surface area contributed by atoms with Gasteiger partial charge in [0.15, 0.2) is 0 Å². The second-order valence-electron chi connectivity index (χ2n) is 3.76. The topological polar surface area (TPSA) is 21.7 Å². The fourth-order valence-corrected chi connectivity index (χ4v) is 2.08. The number of rotatable bonds is 4. The van der Waals surface area contributed by atoms with Gasteiger partial charge in [-0.2, -0.15) is 0 Å². The summed E-state index contributed by atoms with van der Waals surface area (Å²) in [5.41, 5.74) is 0. The Bertz CT molecular complexity index is 152. The molecule has 13 heavy (non-hydrogen) atoms. The molecule has 0 aromatic rings. The number of ether oxygens (including phenoxy) is 2. The highest BCUT2D eigenvalue weighted by molar-refractivity contribution is 4.87. The second kappa shape index (κ2) is 4.94. The van der Waals surface area contributed by atoms with E-state index in [2.05, 4.69) is 18.9 Å². The Labute approximate surface area is 81.0 Å². The molecule has 0 bridgehead atoms. The molecular formula is C10H21NO2. The molecule has 1 saturated heterocycles. The summed E-state index contributed by atoms with van der Waals surface area (Å²) < 4.78 is 10.9. The van der Waals surface area contributed by atoms with E-state index in [1.54, 1.807) is 7.11 Å². The first-order valence-electron chi connectivity index (χ1n) is 5.03. The lowest BCUT2D eigenvalue weighted by Gasteiger charge is -2.25. The summed E-state index contributed by atoms with van der Waals surface area (Å²) in [6, 6.07) is 0.518. The van der Waals surface area contributed by atoms with Gasteiger partial charge in [0.2, 0.25) is 0 Å². The molecule has 0 unspecified atom stereocenters. The molecule has 3 nitrogen and oxygen atoms in total. The van der Waals surface area contributed by atoms with E-state index in [-0.39, 0.29) is 0 Å². The van der Waals surface area contributed by atoms with Gasteiger partial charge >= 0.3 is 0 Å². The summed E-state index contributed by atoms with van der Waals surface area (Å²) in [5, 5.41) is 0. The van der Waals surface area contributed by atoms with E-state index in [1.807, 2.05) is 6.92 Å². The Balaban J connectivity index is 2.41. The molecule has 0 amide bonds. The van der Waals surface area contributed by atoms with Crippen LogP contribution >= 0.6 is 0 Å². The van der Waals surface area contributed by atoms with Gasteiger partial charge in [0.1, 0.15) is 0 Å². The van der Waals surface area contributed by atoms with Gasteiger partial charge in [-0.25, -0.2) is 0 Å². The summed E-state index contributed by atoms with van der Waals surface area (Å²) >= 11 is 0. The number of hydrogen-bond acceptors (Lipinski definition) is 3. The van der Waals surface area contributed by atoms with Crippen molar-refractivity contribution in [2.24, 2.45) is 0 Å². The molecule has 0 aliphatic carbocycles. The molecular weight excluding hydrogens is 166 g/mol. The highest BCUT2D eigenvalue weighted by Crippen LogP contribution is 2.22. The molecule has 1 aliphatic rings. The van der Waals surface area contributed by atoms with E-state index in [0.717, 1.165) is 19.6 Å². The largest absolute Gasteiger partial charge is 0.380 e. The lowest BCUT2D eigenvalue weighted by atomic mass is 10.1. The van der Waals surface area contributed by atoms with Crippen LogP contribution in [0.1, 0.15) is 20.3 Å². The highest BCUT2D eigenvalue weighted by atomic mass is 16.5. The van der Waals surface area contributed by atoms with Crippen LogP contribution in [0.3, 0.4) is 0 Å². The van der Waals surface area contributed by atoms with Gasteiger partial charge in [-0.1, -0.05) is 0 Å². The van der Waals surface area contributed by atoms with Crippen LogP contribution in [0, 0.1) is 0 Å². The molecule has 78 valence electrons. The minimum absolute atomic E-state index is 0.315. The molecule has 0 spiro atoms. The van der Waals surface area contributed by atoms with Crippen molar-refractivity contribution in [1.82, 2.24) is 4.90 Å². The highest BCUT2D eigenvalue weighted by Gasteiger charge is 2.33. The summed E-state index contributed by atoms with van der Waals surface area (Å²) in [6.07, 6.45) is 1.79. The summed E-state index contributed by atoms with van der Waals surface area (Å²) in [4.78, 5) is 2.33. The molecule has 3 atom stereocenters. The third kappa shape index (κ3) is 2.66.